The van der Waals surface area contributed by atoms with Gasteiger partial charge >= 0.3 is 5.97 Å². The number of carbonyl (C=O) groups is 2. The fourth-order valence-corrected chi connectivity index (χ4v) is 4.04. The van der Waals surface area contributed by atoms with Gasteiger partial charge in [0.15, 0.2) is 0 Å². The molecule has 1 amide bonds. The predicted molar refractivity (Wildman–Crippen MR) is 131 cm³/mol. The van der Waals surface area contributed by atoms with Gasteiger partial charge in [-0.25, -0.2) is 4.79 Å². The molecule has 1 saturated heterocycles. The van der Waals surface area contributed by atoms with Crippen molar-refractivity contribution >= 4 is 29.2 Å². The molecule has 1 aliphatic heterocycles. The van der Waals surface area contributed by atoms with Gasteiger partial charge in [0.05, 0.1) is 5.56 Å². The predicted octanol–water partition coefficient (Wildman–Crippen LogP) is 4.54. The molecule has 8 heteroatoms. The van der Waals surface area contributed by atoms with E-state index >= 15 is 0 Å². The highest BCUT2D eigenvalue weighted by Crippen LogP contribution is 2.16. The standard InChI is InChI=1S/C26H26ClN3O4/c27-23-9-11-24(12-10-23)28-25(31)21-5-1-19(2-6-21)17-29-13-15-30(16-14-29)18-20-3-7-22(8-4-20)26(32)34-33/h1-12,33H,13-18H2,(H,28,31). The molecule has 7 nitrogen and oxygen atoms in total. The number of carbonyl (C=O) groups excluding carboxylic acids is 2. The van der Waals surface area contributed by atoms with E-state index < -0.39 is 5.97 Å². The topological polar surface area (TPSA) is 82.1 Å². The summed E-state index contributed by atoms with van der Waals surface area (Å²) in [5, 5.41) is 12.0. The summed E-state index contributed by atoms with van der Waals surface area (Å²) in [5.74, 6) is -0.904. The van der Waals surface area contributed by atoms with E-state index in [-0.39, 0.29) is 5.91 Å². The molecule has 3 aromatic rings. The molecule has 34 heavy (non-hydrogen) atoms. The van der Waals surface area contributed by atoms with Crippen molar-refractivity contribution in [1.82, 2.24) is 9.80 Å². The monoisotopic (exact) mass is 479 g/mol. The van der Waals surface area contributed by atoms with E-state index in [1.165, 1.54) is 5.56 Å². The second-order valence-electron chi connectivity index (χ2n) is 8.29. The average molecular weight is 480 g/mol. The Kier molecular flexibility index (Phi) is 7.92. The van der Waals surface area contributed by atoms with Crippen LogP contribution in [0.1, 0.15) is 31.8 Å². The molecule has 3 aromatic carbocycles. The minimum absolute atomic E-state index is 0.149. The third-order valence-corrected chi connectivity index (χ3v) is 6.12. The maximum Gasteiger partial charge on any atom is 0.372 e. The van der Waals surface area contributed by atoms with E-state index in [0.717, 1.165) is 44.8 Å². The van der Waals surface area contributed by atoms with Crippen LogP contribution < -0.4 is 5.32 Å². The number of nitrogens with one attached hydrogen (secondary N) is 1. The highest BCUT2D eigenvalue weighted by atomic mass is 35.5. The Morgan fingerprint density at radius 1 is 0.765 bits per heavy atom. The molecule has 0 aliphatic carbocycles. The van der Waals surface area contributed by atoms with Crippen molar-refractivity contribution in [1.29, 1.82) is 0 Å². The highest BCUT2D eigenvalue weighted by Gasteiger charge is 2.18. The molecule has 0 atom stereocenters. The molecule has 0 aromatic heterocycles. The third kappa shape index (κ3) is 6.42. The van der Waals surface area contributed by atoms with Crippen LogP contribution in [0.15, 0.2) is 72.8 Å². The van der Waals surface area contributed by atoms with Crippen molar-refractivity contribution in [2.45, 2.75) is 13.1 Å². The van der Waals surface area contributed by atoms with Gasteiger partial charge < -0.3 is 5.32 Å². The molecular weight excluding hydrogens is 454 g/mol. The molecular formula is C26H26ClN3O4. The lowest BCUT2D eigenvalue weighted by Crippen LogP contribution is -2.45. The number of piperazine rings is 1. The zero-order valence-corrected chi connectivity index (χ0v) is 19.4. The second kappa shape index (κ2) is 11.3. The summed E-state index contributed by atoms with van der Waals surface area (Å²) in [4.78, 5) is 32.3. The van der Waals surface area contributed by atoms with E-state index in [1.54, 1.807) is 36.4 Å². The number of rotatable bonds is 7. The van der Waals surface area contributed by atoms with Gasteiger partial charge in [-0.05, 0) is 59.7 Å². The van der Waals surface area contributed by atoms with Crippen LogP contribution in [0.3, 0.4) is 0 Å². The number of halogens is 1. The minimum Gasteiger partial charge on any atom is -0.322 e. The summed E-state index contributed by atoms with van der Waals surface area (Å²) in [6.07, 6.45) is 0. The third-order valence-electron chi connectivity index (χ3n) is 5.87. The molecule has 0 unspecified atom stereocenters. The Morgan fingerprint density at radius 2 is 1.24 bits per heavy atom. The van der Waals surface area contributed by atoms with Gasteiger partial charge in [-0.3, -0.25) is 19.5 Å². The molecule has 2 N–H and O–H groups in total. The number of amides is 1. The quantitative estimate of drug-likeness (QED) is 0.382. The summed E-state index contributed by atoms with van der Waals surface area (Å²) in [6.45, 7) is 5.44. The van der Waals surface area contributed by atoms with Crippen LogP contribution in [-0.4, -0.2) is 53.1 Å². The first-order valence-corrected chi connectivity index (χ1v) is 11.4. The van der Waals surface area contributed by atoms with Crippen LogP contribution in [0, 0.1) is 0 Å². The van der Waals surface area contributed by atoms with Crippen molar-refractivity contribution in [3.8, 4) is 0 Å². The maximum absolute atomic E-state index is 12.5. The van der Waals surface area contributed by atoms with Crippen LogP contribution in [0.5, 0.6) is 0 Å². The van der Waals surface area contributed by atoms with Gasteiger partial charge in [-0.2, -0.15) is 5.26 Å². The summed E-state index contributed by atoms with van der Waals surface area (Å²) in [5.41, 5.74) is 3.92. The van der Waals surface area contributed by atoms with Crippen molar-refractivity contribution in [3.05, 3.63) is 100 Å². The largest absolute Gasteiger partial charge is 0.372 e. The number of benzene rings is 3. The van der Waals surface area contributed by atoms with E-state index in [1.807, 2.05) is 36.4 Å². The molecule has 0 spiro atoms. The van der Waals surface area contributed by atoms with Gasteiger partial charge in [-0.1, -0.05) is 35.9 Å². The Balaban J connectivity index is 1.23. The Bertz CT molecular complexity index is 1110. The molecule has 0 bridgehead atoms. The minimum atomic E-state index is -0.754. The van der Waals surface area contributed by atoms with Gasteiger partial charge in [0.25, 0.3) is 5.91 Å². The Labute approximate surface area is 203 Å². The molecule has 1 fully saturated rings. The summed E-state index contributed by atoms with van der Waals surface area (Å²) < 4.78 is 0. The van der Waals surface area contributed by atoms with Crippen LogP contribution in [0.4, 0.5) is 5.69 Å². The smallest absolute Gasteiger partial charge is 0.322 e. The van der Waals surface area contributed by atoms with E-state index in [0.29, 0.717) is 21.8 Å². The second-order valence-corrected chi connectivity index (χ2v) is 8.72. The summed E-state index contributed by atoms with van der Waals surface area (Å²) in [7, 11) is 0. The SMILES string of the molecule is O=C(Nc1ccc(Cl)cc1)c1ccc(CN2CCN(Cc3ccc(C(=O)OO)cc3)CC2)cc1. The van der Waals surface area contributed by atoms with Crippen LogP contribution >= 0.6 is 11.6 Å². The number of hydrogen-bond acceptors (Lipinski definition) is 6. The van der Waals surface area contributed by atoms with Crippen LogP contribution in [0.2, 0.25) is 5.02 Å². The van der Waals surface area contributed by atoms with E-state index in [4.69, 9.17) is 16.9 Å². The fourth-order valence-electron chi connectivity index (χ4n) is 3.92. The maximum atomic E-state index is 12.5. The zero-order valence-electron chi connectivity index (χ0n) is 18.6. The van der Waals surface area contributed by atoms with E-state index in [9.17, 15) is 9.59 Å². The fraction of sp³-hybridized carbons (Fsp3) is 0.231. The lowest BCUT2D eigenvalue weighted by Gasteiger charge is -2.34. The van der Waals surface area contributed by atoms with Gasteiger partial charge in [-0.15, -0.1) is 0 Å². The number of hydrogen-bond donors (Lipinski definition) is 2. The van der Waals surface area contributed by atoms with Crippen LogP contribution in [0.25, 0.3) is 0 Å². The van der Waals surface area contributed by atoms with Crippen molar-refractivity contribution in [2.75, 3.05) is 31.5 Å². The lowest BCUT2D eigenvalue weighted by atomic mass is 10.1. The lowest BCUT2D eigenvalue weighted by molar-refractivity contribution is -0.182. The molecule has 176 valence electrons. The molecule has 1 heterocycles. The van der Waals surface area contributed by atoms with Crippen molar-refractivity contribution in [2.24, 2.45) is 0 Å². The van der Waals surface area contributed by atoms with Gasteiger partial charge in [0.2, 0.25) is 0 Å². The van der Waals surface area contributed by atoms with Crippen LogP contribution in [-0.2, 0) is 18.0 Å². The molecule has 1 aliphatic rings. The van der Waals surface area contributed by atoms with E-state index in [2.05, 4.69) is 20.0 Å². The zero-order chi connectivity index (χ0) is 23.9. The van der Waals surface area contributed by atoms with Gasteiger partial charge in [0, 0.05) is 55.5 Å². The summed E-state index contributed by atoms with van der Waals surface area (Å²) >= 11 is 5.89. The first kappa shape index (κ1) is 23.9. The number of nitrogens with zero attached hydrogens (tertiary/aromatic N) is 2. The first-order chi connectivity index (χ1) is 16.5. The normalized spacial score (nSPS) is 14.5. The molecule has 4 rings (SSSR count). The number of anilines is 1. The Morgan fingerprint density at radius 3 is 1.71 bits per heavy atom. The summed E-state index contributed by atoms with van der Waals surface area (Å²) in [6, 6.07) is 21.8. The molecule has 0 radical (unpaired) electrons. The van der Waals surface area contributed by atoms with Crippen molar-refractivity contribution < 1.29 is 19.7 Å². The van der Waals surface area contributed by atoms with Crippen molar-refractivity contribution in [3.63, 3.8) is 0 Å². The highest BCUT2D eigenvalue weighted by molar-refractivity contribution is 6.30. The average Bonchev–Trinajstić information content (AvgIpc) is 2.87. The van der Waals surface area contributed by atoms with Gasteiger partial charge in [0.1, 0.15) is 0 Å². The first-order valence-electron chi connectivity index (χ1n) is 11.1. The Hall–Kier alpha value is -3.23. The molecule has 0 saturated carbocycles.